The summed E-state index contributed by atoms with van der Waals surface area (Å²) in [6, 6.07) is 7.84. The minimum Gasteiger partial charge on any atom is -0.368 e. The molecular weight excluding hydrogens is 262 g/mol. The Labute approximate surface area is 118 Å². The second kappa shape index (κ2) is 4.69. The van der Waals surface area contributed by atoms with Crippen molar-refractivity contribution in [1.82, 2.24) is 4.90 Å². The van der Waals surface area contributed by atoms with Crippen LogP contribution < -0.4 is 10.6 Å². The highest BCUT2D eigenvalue weighted by atomic mass is 35.5. The van der Waals surface area contributed by atoms with Crippen molar-refractivity contribution in [2.24, 2.45) is 5.73 Å². The molecule has 4 nitrogen and oxygen atoms in total. The number of anilines is 1. The molecule has 0 aromatic heterocycles. The number of piperazine rings is 1. The van der Waals surface area contributed by atoms with Crippen molar-refractivity contribution in [2.45, 2.75) is 18.4 Å². The maximum Gasteiger partial charge on any atom is 0.242 e. The third kappa shape index (κ3) is 2.55. The Balaban J connectivity index is 1.62. The Morgan fingerprint density at radius 1 is 1.21 bits per heavy atom. The second-order valence-electron chi connectivity index (χ2n) is 5.42. The molecule has 0 spiro atoms. The molecular formula is C14H18ClN3O. The van der Waals surface area contributed by atoms with Crippen molar-refractivity contribution in [2.75, 3.05) is 31.1 Å². The molecule has 1 amide bonds. The fraction of sp³-hybridized carbons (Fsp3) is 0.500. The van der Waals surface area contributed by atoms with E-state index < -0.39 is 5.54 Å². The molecule has 19 heavy (non-hydrogen) atoms. The number of hydrogen-bond acceptors (Lipinski definition) is 3. The fourth-order valence-corrected chi connectivity index (χ4v) is 2.69. The number of halogens is 1. The van der Waals surface area contributed by atoms with Crippen molar-refractivity contribution in [3.05, 3.63) is 29.3 Å². The third-order valence-electron chi connectivity index (χ3n) is 3.95. The molecule has 1 heterocycles. The van der Waals surface area contributed by atoms with Gasteiger partial charge in [-0.1, -0.05) is 17.7 Å². The summed E-state index contributed by atoms with van der Waals surface area (Å²) < 4.78 is 0. The van der Waals surface area contributed by atoms with E-state index >= 15 is 0 Å². The van der Waals surface area contributed by atoms with Crippen molar-refractivity contribution in [1.29, 1.82) is 0 Å². The number of rotatable bonds is 2. The predicted octanol–water partition coefficient (Wildman–Crippen LogP) is 1.48. The molecule has 1 saturated heterocycles. The van der Waals surface area contributed by atoms with Crippen LogP contribution in [0.15, 0.2) is 24.3 Å². The summed E-state index contributed by atoms with van der Waals surface area (Å²) in [6.07, 6.45) is 1.67. The van der Waals surface area contributed by atoms with Crippen LogP contribution in [0.3, 0.4) is 0 Å². The van der Waals surface area contributed by atoms with Gasteiger partial charge in [-0.05, 0) is 31.0 Å². The highest BCUT2D eigenvalue weighted by Gasteiger charge is 2.48. The lowest BCUT2D eigenvalue weighted by molar-refractivity contribution is -0.133. The van der Waals surface area contributed by atoms with E-state index in [0.717, 1.165) is 49.7 Å². The second-order valence-corrected chi connectivity index (χ2v) is 5.85. The average molecular weight is 280 g/mol. The maximum atomic E-state index is 12.1. The fourth-order valence-electron chi connectivity index (χ4n) is 2.50. The lowest BCUT2D eigenvalue weighted by Crippen LogP contribution is -2.54. The van der Waals surface area contributed by atoms with Crippen molar-refractivity contribution >= 4 is 23.2 Å². The van der Waals surface area contributed by atoms with Gasteiger partial charge in [-0.25, -0.2) is 0 Å². The summed E-state index contributed by atoms with van der Waals surface area (Å²) in [4.78, 5) is 16.3. The van der Waals surface area contributed by atoms with Crippen LogP contribution in [0.2, 0.25) is 5.02 Å². The van der Waals surface area contributed by atoms with Gasteiger partial charge in [0.25, 0.3) is 0 Å². The van der Waals surface area contributed by atoms with E-state index in [-0.39, 0.29) is 5.91 Å². The predicted molar refractivity (Wildman–Crippen MR) is 76.4 cm³/mol. The van der Waals surface area contributed by atoms with Gasteiger partial charge in [0.15, 0.2) is 0 Å². The van der Waals surface area contributed by atoms with Gasteiger partial charge in [0.2, 0.25) is 5.91 Å². The zero-order valence-corrected chi connectivity index (χ0v) is 11.6. The largest absolute Gasteiger partial charge is 0.368 e. The van der Waals surface area contributed by atoms with Gasteiger partial charge in [-0.3, -0.25) is 4.79 Å². The lowest BCUT2D eigenvalue weighted by atomic mass is 10.2. The molecule has 2 fully saturated rings. The lowest BCUT2D eigenvalue weighted by Gasteiger charge is -2.37. The van der Waals surface area contributed by atoms with Gasteiger partial charge in [-0.2, -0.15) is 0 Å². The first kappa shape index (κ1) is 12.8. The first-order valence-corrected chi connectivity index (χ1v) is 7.05. The molecule has 0 bridgehead atoms. The molecule has 5 heteroatoms. The SMILES string of the molecule is NC1(C(=O)N2CCN(c3cccc(Cl)c3)CC2)CC1. The first-order valence-electron chi connectivity index (χ1n) is 6.67. The van der Waals surface area contributed by atoms with Crippen LogP contribution in [-0.2, 0) is 4.79 Å². The van der Waals surface area contributed by atoms with Crippen molar-refractivity contribution < 1.29 is 4.79 Å². The number of carbonyl (C=O) groups excluding carboxylic acids is 1. The van der Waals surface area contributed by atoms with E-state index in [0.29, 0.717) is 0 Å². The van der Waals surface area contributed by atoms with E-state index in [2.05, 4.69) is 11.0 Å². The molecule has 3 rings (SSSR count). The Morgan fingerprint density at radius 3 is 2.47 bits per heavy atom. The average Bonchev–Trinajstić information content (AvgIpc) is 3.17. The maximum absolute atomic E-state index is 12.1. The Hall–Kier alpha value is -1.26. The summed E-state index contributed by atoms with van der Waals surface area (Å²) >= 11 is 6.00. The number of carbonyl (C=O) groups is 1. The Morgan fingerprint density at radius 2 is 1.89 bits per heavy atom. The van der Waals surface area contributed by atoms with Crippen LogP contribution in [0, 0.1) is 0 Å². The minimum absolute atomic E-state index is 0.123. The first-order chi connectivity index (χ1) is 9.08. The number of benzene rings is 1. The van der Waals surface area contributed by atoms with Gasteiger partial charge in [-0.15, -0.1) is 0 Å². The quantitative estimate of drug-likeness (QED) is 0.892. The van der Waals surface area contributed by atoms with Gasteiger partial charge >= 0.3 is 0 Å². The molecule has 1 aromatic rings. The van der Waals surface area contributed by atoms with Gasteiger partial charge in [0, 0.05) is 36.9 Å². The van der Waals surface area contributed by atoms with E-state index in [1.54, 1.807) is 0 Å². The van der Waals surface area contributed by atoms with Crippen LogP contribution in [0.4, 0.5) is 5.69 Å². The van der Waals surface area contributed by atoms with Crippen LogP contribution in [-0.4, -0.2) is 42.5 Å². The molecule has 1 aliphatic carbocycles. The van der Waals surface area contributed by atoms with E-state index in [9.17, 15) is 4.79 Å². The zero-order chi connectivity index (χ0) is 13.5. The molecule has 1 saturated carbocycles. The normalized spacial score (nSPS) is 21.4. The Kier molecular flexibility index (Phi) is 3.15. The van der Waals surface area contributed by atoms with Crippen LogP contribution >= 0.6 is 11.6 Å². The highest BCUT2D eigenvalue weighted by molar-refractivity contribution is 6.30. The summed E-state index contributed by atoms with van der Waals surface area (Å²) in [6.45, 7) is 3.15. The summed E-state index contributed by atoms with van der Waals surface area (Å²) in [5.41, 5.74) is 6.54. The Bertz CT molecular complexity index is 493. The molecule has 1 aliphatic heterocycles. The van der Waals surface area contributed by atoms with E-state index in [4.69, 9.17) is 17.3 Å². The van der Waals surface area contributed by atoms with Crippen LogP contribution in [0.25, 0.3) is 0 Å². The number of amides is 1. The molecule has 1 aromatic carbocycles. The molecule has 0 atom stereocenters. The molecule has 2 aliphatic rings. The summed E-state index contributed by atoms with van der Waals surface area (Å²) in [5.74, 6) is 0.123. The van der Waals surface area contributed by atoms with E-state index in [1.165, 1.54) is 0 Å². The van der Waals surface area contributed by atoms with Crippen LogP contribution in [0.1, 0.15) is 12.8 Å². The van der Waals surface area contributed by atoms with Crippen molar-refractivity contribution in [3.63, 3.8) is 0 Å². The smallest absolute Gasteiger partial charge is 0.242 e. The van der Waals surface area contributed by atoms with Crippen LogP contribution in [0.5, 0.6) is 0 Å². The van der Waals surface area contributed by atoms with Gasteiger partial charge in [0.1, 0.15) is 0 Å². The highest BCUT2D eigenvalue weighted by Crippen LogP contribution is 2.34. The van der Waals surface area contributed by atoms with Crippen molar-refractivity contribution in [3.8, 4) is 0 Å². The minimum atomic E-state index is -0.543. The molecule has 102 valence electrons. The summed E-state index contributed by atoms with van der Waals surface area (Å²) in [7, 11) is 0. The standard InChI is InChI=1S/C14H18ClN3O/c15-11-2-1-3-12(10-11)17-6-8-18(9-7-17)13(19)14(16)4-5-14/h1-3,10H,4-9,16H2. The van der Waals surface area contributed by atoms with Gasteiger partial charge in [0.05, 0.1) is 5.54 Å². The molecule has 0 radical (unpaired) electrons. The number of nitrogens with two attached hydrogens (primary N) is 1. The van der Waals surface area contributed by atoms with E-state index in [1.807, 2.05) is 23.1 Å². The topological polar surface area (TPSA) is 49.6 Å². The summed E-state index contributed by atoms with van der Waals surface area (Å²) in [5, 5.41) is 0.745. The number of nitrogens with zero attached hydrogens (tertiary/aromatic N) is 2. The molecule has 2 N–H and O–H groups in total. The van der Waals surface area contributed by atoms with Gasteiger partial charge < -0.3 is 15.5 Å². The monoisotopic (exact) mass is 279 g/mol. The number of hydrogen-bond donors (Lipinski definition) is 1. The third-order valence-corrected chi connectivity index (χ3v) is 4.19. The molecule has 0 unspecified atom stereocenters. The zero-order valence-electron chi connectivity index (χ0n) is 10.8.